The summed E-state index contributed by atoms with van der Waals surface area (Å²) in [7, 11) is 1.67. The van der Waals surface area contributed by atoms with Crippen molar-refractivity contribution < 1.29 is 4.74 Å². The molecule has 0 atom stereocenters. The van der Waals surface area contributed by atoms with Crippen LogP contribution in [-0.2, 0) is 6.42 Å². The van der Waals surface area contributed by atoms with Crippen molar-refractivity contribution in [2.24, 2.45) is 0 Å². The minimum atomic E-state index is 0.735. The minimum Gasteiger partial charge on any atom is -0.497 e. The lowest BCUT2D eigenvalue weighted by molar-refractivity contribution is 0.414. The monoisotopic (exact) mass is 210 g/mol. The van der Waals surface area contributed by atoms with E-state index in [0.29, 0.717) is 0 Å². The lowest BCUT2D eigenvalue weighted by atomic mass is 10.1. The molecule has 0 bridgehead atoms. The number of rotatable bonds is 5. The third-order valence-corrected chi connectivity index (χ3v) is 2.26. The number of hydrogen-bond donors (Lipinski definition) is 0. The van der Waals surface area contributed by atoms with Gasteiger partial charge >= 0.3 is 0 Å². The predicted molar refractivity (Wildman–Crippen MR) is 60.9 cm³/mol. The smallest absolute Gasteiger partial charge is 0.118 e. The van der Waals surface area contributed by atoms with Crippen LogP contribution in [0.2, 0.25) is 0 Å². The Morgan fingerprint density at radius 2 is 2.00 bits per heavy atom. The normalized spacial score (nSPS) is 9.86. The lowest BCUT2D eigenvalue weighted by Crippen LogP contribution is -1.87. The molecule has 0 aromatic heterocycles. The maximum atomic E-state index is 5.68. The van der Waals surface area contributed by atoms with Crippen molar-refractivity contribution >= 4 is 11.6 Å². The summed E-state index contributed by atoms with van der Waals surface area (Å²) in [5.41, 5.74) is 1.31. The van der Waals surface area contributed by atoms with E-state index in [9.17, 15) is 0 Å². The largest absolute Gasteiger partial charge is 0.497 e. The molecule has 0 saturated heterocycles. The fraction of sp³-hybridized carbons (Fsp3) is 0.333. The van der Waals surface area contributed by atoms with Crippen molar-refractivity contribution in [3.05, 3.63) is 41.4 Å². The highest BCUT2D eigenvalue weighted by atomic mass is 35.5. The Balaban J connectivity index is 2.40. The molecule has 0 amide bonds. The van der Waals surface area contributed by atoms with E-state index in [0.717, 1.165) is 30.0 Å². The summed E-state index contributed by atoms with van der Waals surface area (Å²) in [6.45, 7) is 3.66. The Labute approximate surface area is 90.3 Å². The molecule has 0 N–H and O–H groups in total. The number of hydrogen-bond acceptors (Lipinski definition) is 1. The SMILES string of the molecule is C=C(Cl)CCCc1ccc(OC)cc1. The number of methoxy groups -OCH3 is 1. The molecular formula is C12H15ClO. The Morgan fingerprint density at radius 3 is 2.50 bits per heavy atom. The van der Waals surface area contributed by atoms with Crippen molar-refractivity contribution in [2.75, 3.05) is 7.11 Å². The summed E-state index contributed by atoms with van der Waals surface area (Å²) >= 11 is 5.68. The summed E-state index contributed by atoms with van der Waals surface area (Å²) in [6.07, 6.45) is 2.97. The molecule has 0 saturated carbocycles. The van der Waals surface area contributed by atoms with Gasteiger partial charge in [0, 0.05) is 5.03 Å². The molecule has 0 heterocycles. The number of ether oxygens (including phenoxy) is 1. The summed E-state index contributed by atoms with van der Waals surface area (Å²) in [6, 6.07) is 8.11. The van der Waals surface area contributed by atoms with Gasteiger partial charge in [0.1, 0.15) is 5.75 Å². The molecule has 0 fully saturated rings. The van der Waals surface area contributed by atoms with Gasteiger partial charge in [0.25, 0.3) is 0 Å². The highest BCUT2D eigenvalue weighted by molar-refractivity contribution is 6.29. The second kappa shape index (κ2) is 5.71. The zero-order valence-corrected chi connectivity index (χ0v) is 9.18. The van der Waals surface area contributed by atoms with Crippen LogP contribution in [0.25, 0.3) is 0 Å². The van der Waals surface area contributed by atoms with E-state index in [1.54, 1.807) is 7.11 Å². The molecule has 76 valence electrons. The number of halogens is 1. The van der Waals surface area contributed by atoms with Crippen LogP contribution in [0.4, 0.5) is 0 Å². The lowest BCUT2D eigenvalue weighted by Gasteiger charge is -2.02. The first-order chi connectivity index (χ1) is 6.72. The van der Waals surface area contributed by atoms with E-state index in [4.69, 9.17) is 16.3 Å². The van der Waals surface area contributed by atoms with Gasteiger partial charge in [0.15, 0.2) is 0 Å². The minimum absolute atomic E-state index is 0.735. The topological polar surface area (TPSA) is 9.23 Å². The Kier molecular flexibility index (Phi) is 4.54. The van der Waals surface area contributed by atoms with Gasteiger partial charge in [0.2, 0.25) is 0 Å². The quantitative estimate of drug-likeness (QED) is 0.719. The van der Waals surface area contributed by atoms with E-state index < -0.39 is 0 Å². The average molecular weight is 211 g/mol. The molecule has 1 aromatic rings. The van der Waals surface area contributed by atoms with Gasteiger partial charge in [-0.15, -0.1) is 0 Å². The predicted octanol–water partition coefficient (Wildman–Crippen LogP) is 3.77. The van der Waals surface area contributed by atoms with Gasteiger partial charge in [-0.25, -0.2) is 0 Å². The average Bonchev–Trinajstić information content (AvgIpc) is 2.18. The van der Waals surface area contributed by atoms with Crippen LogP contribution in [-0.4, -0.2) is 7.11 Å². The molecule has 0 aliphatic heterocycles. The third kappa shape index (κ3) is 3.84. The van der Waals surface area contributed by atoms with Gasteiger partial charge in [-0.05, 0) is 37.0 Å². The first-order valence-electron chi connectivity index (χ1n) is 4.68. The van der Waals surface area contributed by atoms with Crippen LogP contribution in [0.15, 0.2) is 35.9 Å². The first-order valence-corrected chi connectivity index (χ1v) is 5.06. The Hall–Kier alpha value is -0.950. The first kappa shape index (κ1) is 11.1. The molecule has 0 aliphatic carbocycles. The number of allylic oxidation sites excluding steroid dienone is 1. The van der Waals surface area contributed by atoms with Crippen molar-refractivity contribution in [1.82, 2.24) is 0 Å². The molecule has 0 unspecified atom stereocenters. The molecule has 0 radical (unpaired) electrons. The van der Waals surface area contributed by atoms with Crippen molar-refractivity contribution in [1.29, 1.82) is 0 Å². The van der Waals surface area contributed by atoms with Gasteiger partial charge < -0.3 is 4.74 Å². The summed E-state index contributed by atoms with van der Waals surface area (Å²) < 4.78 is 5.08. The molecule has 0 aliphatic rings. The summed E-state index contributed by atoms with van der Waals surface area (Å²) in [5.74, 6) is 0.899. The molecule has 1 aromatic carbocycles. The van der Waals surface area contributed by atoms with E-state index in [1.807, 2.05) is 12.1 Å². The van der Waals surface area contributed by atoms with Crippen LogP contribution in [0.3, 0.4) is 0 Å². The van der Waals surface area contributed by atoms with E-state index in [2.05, 4.69) is 18.7 Å². The number of aryl methyl sites for hydroxylation is 1. The Morgan fingerprint density at radius 1 is 1.36 bits per heavy atom. The van der Waals surface area contributed by atoms with E-state index in [1.165, 1.54) is 5.56 Å². The molecule has 0 spiro atoms. The van der Waals surface area contributed by atoms with Gasteiger partial charge in [-0.1, -0.05) is 30.3 Å². The second-order valence-electron chi connectivity index (χ2n) is 3.22. The van der Waals surface area contributed by atoms with Gasteiger partial charge in [-0.3, -0.25) is 0 Å². The molecule has 2 heteroatoms. The zero-order chi connectivity index (χ0) is 10.4. The van der Waals surface area contributed by atoms with Crippen molar-refractivity contribution in [3.8, 4) is 5.75 Å². The molecule has 1 nitrogen and oxygen atoms in total. The molecule has 14 heavy (non-hydrogen) atoms. The summed E-state index contributed by atoms with van der Waals surface area (Å²) in [5, 5.41) is 0.735. The fourth-order valence-electron chi connectivity index (χ4n) is 1.28. The summed E-state index contributed by atoms with van der Waals surface area (Å²) in [4.78, 5) is 0. The highest BCUT2D eigenvalue weighted by Crippen LogP contribution is 2.15. The van der Waals surface area contributed by atoms with Gasteiger partial charge in [-0.2, -0.15) is 0 Å². The Bertz CT molecular complexity index is 290. The maximum Gasteiger partial charge on any atom is 0.118 e. The van der Waals surface area contributed by atoms with Crippen molar-refractivity contribution in [2.45, 2.75) is 19.3 Å². The fourth-order valence-corrected chi connectivity index (χ4v) is 1.41. The van der Waals surface area contributed by atoms with Crippen molar-refractivity contribution in [3.63, 3.8) is 0 Å². The van der Waals surface area contributed by atoms with Gasteiger partial charge in [0.05, 0.1) is 7.11 Å². The number of benzene rings is 1. The van der Waals surface area contributed by atoms with E-state index in [-0.39, 0.29) is 0 Å². The standard InChI is InChI=1S/C12H15ClO/c1-10(13)4-3-5-11-6-8-12(14-2)9-7-11/h6-9H,1,3-5H2,2H3. The van der Waals surface area contributed by atoms with Crippen LogP contribution >= 0.6 is 11.6 Å². The van der Waals surface area contributed by atoms with Crippen LogP contribution in [0.1, 0.15) is 18.4 Å². The van der Waals surface area contributed by atoms with Crippen LogP contribution in [0.5, 0.6) is 5.75 Å². The highest BCUT2D eigenvalue weighted by Gasteiger charge is 1.95. The zero-order valence-electron chi connectivity index (χ0n) is 8.42. The van der Waals surface area contributed by atoms with E-state index >= 15 is 0 Å². The van der Waals surface area contributed by atoms with Crippen LogP contribution < -0.4 is 4.74 Å². The molecular weight excluding hydrogens is 196 g/mol. The maximum absolute atomic E-state index is 5.68. The molecule has 1 rings (SSSR count). The van der Waals surface area contributed by atoms with Crippen LogP contribution in [0, 0.1) is 0 Å². The second-order valence-corrected chi connectivity index (χ2v) is 3.75. The third-order valence-electron chi connectivity index (χ3n) is 2.07.